The fraction of sp³-hybridized carbons (Fsp3) is 0.235. The van der Waals surface area contributed by atoms with Crippen molar-refractivity contribution in [3.63, 3.8) is 0 Å². The van der Waals surface area contributed by atoms with Gasteiger partial charge in [0.25, 0.3) is 5.91 Å². The normalized spacial score (nSPS) is 13.8. The Balaban J connectivity index is 2.63. The van der Waals surface area contributed by atoms with Gasteiger partial charge in [-0.1, -0.05) is 55.5 Å². The predicted molar refractivity (Wildman–Crippen MR) is 79.2 cm³/mol. The molecule has 0 saturated heterocycles. The number of benzene rings is 2. The first-order valence-electron chi connectivity index (χ1n) is 6.68. The van der Waals surface area contributed by atoms with E-state index < -0.39 is 11.5 Å². The first kappa shape index (κ1) is 14.3. The highest BCUT2D eigenvalue weighted by molar-refractivity contribution is 5.89. The Morgan fingerprint density at radius 3 is 2.35 bits per heavy atom. The van der Waals surface area contributed by atoms with Crippen LogP contribution in [0.2, 0.25) is 0 Å². The third-order valence-corrected chi connectivity index (χ3v) is 3.64. The number of hydrogen-bond donors (Lipinski definition) is 2. The Morgan fingerprint density at radius 1 is 1.20 bits per heavy atom. The van der Waals surface area contributed by atoms with Crippen LogP contribution in [-0.2, 0) is 16.8 Å². The van der Waals surface area contributed by atoms with Gasteiger partial charge in [-0.05, 0) is 30.0 Å². The minimum atomic E-state index is -1.79. The van der Waals surface area contributed by atoms with E-state index in [0.29, 0.717) is 11.1 Å². The molecule has 3 nitrogen and oxygen atoms in total. The zero-order valence-corrected chi connectivity index (χ0v) is 11.8. The molecule has 104 valence electrons. The van der Waals surface area contributed by atoms with E-state index in [1.165, 1.54) is 0 Å². The number of primary amides is 1. The zero-order chi connectivity index (χ0) is 14.8. The van der Waals surface area contributed by atoms with Crippen molar-refractivity contribution in [2.24, 2.45) is 5.73 Å². The van der Waals surface area contributed by atoms with Crippen LogP contribution in [0, 0.1) is 6.92 Å². The van der Waals surface area contributed by atoms with E-state index in [1.807, 2.05) is 25.1 Å². The predicted octanol–water partition coefficient (Wildman–Crippen LogP) is 2.28. The Bertz CT molecular complexity index is 622. The minimum absolute atomic E-state index is 0.486. The number of rotatable bonds is 4. The summed E-state index contributed by atoms with van der Waals surface area (Å²) in [6.45, 7) is 3.94. The second-order valence-corrected chi connectivity index (χ2v) is 4.94. The lowest BCUT2D eigenvalue weighted by Crippen LogP contribution is -2.42. The van der Waals surface area contributed by atoms with Crippen LogP contribution < -0.4 is 5.73 Å². The Kier molecular flexibility index (Phi) is 3.91. The molecule has 0 saturated carbocycles. The molecule has 1 amide bonds. The third kappa shape index (κ3) is 2.32. The van der Waals surface area contributed by atoms with Crippen LogP contribution in [0.25, 0.3) is 0 Å². The number of hydrogen-bond acceptors (Lipinski definition) is 2. The topological polar surface area (TPSA) is 63.3 Å². The van der Waals surface area contributed by atoms with Crippen molar-refractivity contribution in [3.8, 4) is 0 Å². The van der Waals surface area contributed by atoms with Gasteiger partial charge in [0, 0.05) is 5.56 Å². The molecule has 0 fully saturated rings. The number of aliphatic hydroxyl groups is 1. The summed E-state index contributed by atoms with van der Waals surface area (Å²) in [5, 5.41) is 10.9. The summed E-state index contributed by atoms with van der Waals surface area (Å²) in [6, 6.07) is 14.5. The van der Waals surface area contributed by atoms with Gasteiger partial charge in [-0.3, -0.25) is 4.79 Å². The van der Waals surface area contributed by atoms with Crippen molar-refractivity contribution in [3.05, 3.63) is 70.8 Å². The smallest absolute Gasteiger partial charge is 0.258 e. The third-order valence-electron chi connectivity index (χ3n) is 3.64. The van der Waals surface area contributed by atoms with Gasteiger partial charge < -0.3 is 10.8 Å². The van der Waals surface area contributed by atoms with E-state index in [-0.39, 0.29) is 0 Å². The molecule has 0 aromatic heterocycles. The van der Waals surface area contributed by atoms with Crippen molar-refractivity contribution in [2.75, 3.05) is 0 Å². The molecule has 2 aromatic carbocycles. The maximum absolute atomic E-state index is 11.9. The Labute approximate surface area is 119 Å². The lowest BCUT2D eigenvalue weighted by atomic mass is 9.82. The van der Waals surface area contributed by atoms with Crippen molar-refractivity contribution in [2.45, 2.75) is 25.9 Å². The summed E-state index contributed by atoms with van der Waals surface area (Å²) >= 11 is 0. The molecule has 0 aliphatic heterocycles. The van der Waals surface area contributed by atoms with Gasteiger partial charge >= 0.3 is 0 Å². The van der Waals surface area contributed by atoms with Gasteiger partial charge in [0.15, 0.2) is 5.60 Å². The molecule has 3 N–H and O–H groups in total. The largest absolute Gasteiger partial charge is 0.372 e. The van der Waals surface area contributed by atoms with E-state index in [9.17, 15) is 9.90 Å². The maximum Gasteiger partial charge on any atom is 0.258 e. The van der Waals surface area contributed by atoms with Crippen molar-refractivity contribution in [1.82, 2.24) is 0 Å². The maximum atomic E-state index is 11.9. The molecule has 0 heterocycles. The minimum Gasteiger partial charge on any atom is -0.372 e. The highest BCUT2D eigenvalue weighted by Gasteiger charge is 2.39. The van der Waals surface area contributed by atoms with Crippen molar-refractivity contribution < 1.29 is 9.90 Å². The first-order valence-corrected chi connectivity index (χ1v) is 6.68. The molecule has 0 aliphatic rings. The molecule has 20 heavy (non-hydrogen) atoms. The lowest BCUT2D eigenvalue weighted by molar-refractivity contribution is -0.133. The van der Waals surface area contributed by atoms with E-state index in [1.54, 1.807) is 30.3 Å². The molecule has 1 unspecified atom stereocenters. The fourth-order valence-corrected chi connectivity index (χ4v) is 2.46. The van der Waals surface area contributed by atoms with Crippen LogP contribution in [0.3, 0.4) is 0 Å². The van der Waals surface area contributed by atoms with Gasteiger partial charge in [-0.25, -0.2) is 0 Å². The number of aryl methyl sites for hydroxylation is 2. The van der Waals surface area contributed by atoms with Crippen LogP contribution in [0.5, 0.6) is 0 Å². The molecule has 2 rings (SSSR count). The van der Waals surface area contributed by atoms with E-state index in [2.05, 4.69) is 6.92 Å². The summed E-state index contributed by atoms with van der Waals surface area (Å²) in [4.78, 5) is 11.9. The van der Waals surface area contributed by atoms with Crippen LogP contribution in [-0.4, -0.2) is 11.0 Å². The van der Waals surface area contributed by atoms with Gasteiger partial charge in [0.05, 0.1) is 0 Å². The molecule has 0 bridgehead atoms. The van der Waals surface area contributed by atoms with Gasteiger partial charge in [0.2, 0.25) is 0 Å². The number of amides is 1. The summed E-state index contributed by atoms with van der Waals surface area (Å²) < 4.78 is 0. The first-order chi connectivity index (χ1) is 9.50. The molecule has 0 spiro atoms. The van der Waals surface area contributed by atoms with Crippen molar-refractivity contribution in [1.29, 1.82) is 0 Å². The highest BCUT2D eigenvalue weighted by atomic mass is 16.3. The standard InChI is InChI=1S/C17H19NO2/c1-3-13-9-10-15(12(2)11-13)17(20,16(18)19)14-7-5-4-6-8-14/h4-11,20H,3H2,1-2H3,(H2,18,19). The highest BCUT2D eigenvalue weighted by Crippen LogP contribution is 2.32. The monoisotopic (exact) mass is 269 g/mol. The van der Waals surface area contributed by atoms with Crippen LogP contribution in [0.4, 0.5) is 0 Å². The fourth-order valence-electron chi connectivity index (χ4n) is 2.46. The molecular formula is C17H19NO2. The van der Waals surface area contributed by atoms with Crippen molar-refractivity contribution >= 4 is 5.91 Å². The SMILES string of the molecule is CCc1ccc(C(O)(C(N)=O)c2ccccc2)c(C)c1. The number of nitrogens with two attached hydrogens (primary N) is 1. The second kappa shape index (κ2) is 5.47. The van der Waals surface area contributed by atoms with Gasteiger partial charge in [-0.2, -0.15) is 0 Å². The van der Waals surface area contributed by atoms with Crippen LogP contribution in [0.1, 0.15) is 29.2 Å². The van der Waals surface area contributed by atoms with Gasteiger partial charge in [0.1, 0.15) is 0 Å². The van der Waals surface area contributed by atoms with E-state index in [0.717, 1.165) is 17.5 Å². The molecule has 2 aromatic rings. The number of carbonyl (C=O) groups excluding carboxylic acids is 1. The lowest BCUT2D eigenvalue weighted by Gasteiger charge is -2.27. The summed E-state index contributed by atoms with van der Waals surface area (Å²) in [5.74, 6) is -0.768. The molecule has 0 aliphatic carbocycles. The average molecular weight is 269 g/mol. The molecule has 1 atom stereocenters. The number of carbonyl (C=O) groups is 1. The Hall–Kier alpha value is -2.13. The Morgan fingerprint density at radius 2 is 1.85 bits per heavy atom. The molecule has 0 radical (unpaired) electrons. The second-order valence-electron chi connectivity index (χ2n) is 4.94. The van der Waals surface area contributed by atoms with Gasteiger partial charge in [-0.15, -0.1) is 0 Å². The van der Waals surface area contributed by atoms with Crippen LogP contribution >= 0.6 is 0 Å². The summed E-state index contributed by atoms with van der Waals surface area (Å²) in [6.07, 6.45) is 0.904. The van der Waals surface area contributed by atoms with Crippen LogP contribution in [0.15, 0.2) is 48.5 Å². The average Bonchev–Trinajstić information content (AvgIpc) is 2.47. The molecule has 3 heteroatoms. The molecular weight excluding hydrogens is 250 g/mol. The van der Waals surface area contributed by atoms with E-state index in [4.69, 9.17) is 5.73 Å². The van der Waals surface area contributed by atoms with E-state index >= 15 is 0 Å². The summed E-state index contributed by atoms with van der Waals surface area (Å²) in [5.41, 5.74) is 6.73. The summed E-state index contributed by atoms with van der Waals surface area (Å²) in [7, 11) is 0. The quantitative estimate of drug-likeness (QED) is 0.894. The zero-order valence-electron chi connectivity index (χ0n) is 11.8.